The molecule has 0 spiro atoms. The first-order valence-electron chi connectivity index (χ1n) is 6.55. The van der Waals surface area contributed by atoms with Crippen molar-refractivity contribution in [3.8, 4) is 0 Å². The normalized spacial score (nSPS) is 12.6. The Morgan fingerprint density at radius 2 is 1.81 bits per heavy atom. The Bertz CT molecular complexity index is 613. The molecule has 0 radical (unpaired) electrons. The first-order chi connectivity index (χ1) is 9.57. The number of halogens is 1. The average Bonchev–Trinajstić information content (AvgIpc) is 2.35. The molecule has 0 saturated carbocycles. The predicted molar refractivity (Wildman–Crippen MR) is 86.5 cm³/mol. The minimum absolute atomic E-state index is 0.0724. The Morgan fingerprint density at radius 3 is 2.33 bits per heavy atom. The van der Waals surface area contributed by atoms with E-state index < -0.39 is 15.9 Å². The van der Waals surface area contributed by atoms with Gasteiger partial charge in [-0.15, -0.1) is 0 Å². The van der Waals surface area contributed by atoms with Crippen LogP contribution in [-0.2, 0) is 14.8 Å². The van der Waals surface area contributed by atoms with Gasteiger partial charge in [-0.25, -0.2) is 13.1 Å². The van der Waals surface area contributed by atoms with Gasteiger partial charge in [0.1, 0.15) is 0 Å². The highest BCUT2D eigenvalue weighted by Gasteiger charge is 2.18. The minimum Gasteiger partial charge on any atom is -0.269 e. The topological polar surface area (TPSA) is 63.2 Å². The predicted octanol–water partition coefficient (Wildman–Crippen LogP) is 3.24. The minimum atomic E-state index is -3.60. The van der Waals surface area contributed by atoms with Crippen LogP contribution in [0.1, 0.15) is 32.8 Å². The largest absolute Gasteiger partial charge is 0.269 e. The molecule has 116 valence electrons. The number of hydrogen-bond acceptors (Lipinski definition) is 3. The van der Waals surface area contributed by atoms with Crippen molar-refractivity contribution in [1.29, 1.82) is 0 Å². The summed E-state index contributed by atoms with van der Waals surface area (Å²) in [5.41, 5.74) is 0.665. The third-order valence-corrected chi connectivity index (χ3v) is 4.18. The van der Waals surface area contributed by atoms with Gasteiger partial charge in [0.25, 0.3) is 5.91 Å². The maximum atomic E-state index is 11.8. The second-order valence-corrected chi connectivity index (χ2v) is 8.26. The van der Waals surface area contributed by atoms with Gasteiger partial charge in [-0.3, -0.25) is 4.79 Å². The van der Waals surface area contributed by atoms with E-state index in [9.17, 15) is 13.2 Å². The molecule has 21 heavy (non-hydrogen) atoms. The van der Waals surface area contributed by atoms with E-state index in [2.05, 4.69) is 0 Å². The van der Waals surface area contributed by atoms with Gasteiger partial charge in [-0.05, 0) is 35.6 Å². The molecule has 0 bridgehead atoms. The van der Waals surface area contributed by atoms with E-state index in [1.54, 1.807) is 24.3 Å². The van der Waals surface area contributed by atoms with E-state index in [1.807, 2.05) is 25.5 Å². The second kappa shape index (κ2) is 7.09. The second-order valence-electron chi connectivity index (χ2n) is 5.98. The molecule has 6 heteroatoms. The molecular formula is C15H20ClNO3S. The van der Waals surface area contributed by atoms with Crippen molar-refractivity contribution in [3.05, 3.63) is 40.9 Å². The van der Waals surface area contributed by atoms with Crippen LogP contribution in [0, 0.1) is 5.41 Å². The summed E-state index contributed by atoms with van der Waals surface area (Å²) >= 11 is 5.75. The van der Waals surface area contributed by atoms with Crippen LogP contribution in [0.5, 0.6) is 0 Å². The lowest BCUT2D eigenvalue weighted by molar-refractivity contribution is -0.114. The molecular weight excluding hydrogens is 310 g/mol. The maximum Gasteiger partial charge on any atom is 0.257 e. The first-order valence-corrected chi connectivity index (χ1v) is 8.59. The van der Waals surface area contributed by atoms with E-state index in [0.29, 0.717) is 11.4 Å². The molecule has 0 unspecified atom stereocenters. The van der Waals surface area contributed by atoms with Crippen molar-refractivity contribution in [3.63, 3.8) is 0 Å². The van der Waals surface area contributed by atoms with E-state index in [0.717, 1.165) is 5.56 Å². The van der Waals surface area contributed by atoms with Crippen LogP contribution in [0.2, 0.25) is 5.02 Å². The highest BCUT2D eigenvalue weighted by Crippen LogP contribution is 2.18. The number of hydrogen-bond donors (Lipinski definition) is 1. The lowest BCUT2D eigenvalue weighted by atomic mass is 9.94. The summed E-state index contributed by atoms with van der Waals surface area (Å²) in [6, 6.07) is 6.86. The SMILES string of the molecule is CC(C)(C)CCS(=O)(=O)NC(=O)/C=C/c1ccc(Cl)cc1. The molecule has 0 aliphatic heterocycles. The monoisotopic (exact) mass is 329 g/mol. The summed E-state index contributed by atoms with van der Waals surface area (Å²) in [6.45, 7) is 5.85. The van der Waals surface area contributed by atoms with Crippen LogP contribution < -0.4 is 4.72 Å². The fourth-order valence-electron chi connectivity index (χ4n) is 1.42. The summed E-state index contributed by atoms with van der Waals surface area (Å²) in [6.07, 6.45) is 3.21. The summed E-state index contributed by atoms with van der Waals surface area (Å²) < 4.78 is 25.6. The van der Waals surface area contributed by atoms with Gasteiger partial charge in [0.15, 0.2) is 0 Å². The molecule has 0 saturated heterocycles. The summed E-state index contributed by atoms with van der Waals surface area (Å²) in [5, 5.41) is 0.598. The van der Waals surface area contributed by atoms with Gasteiger partial charge in [-0.1, -0.05) is 44.5 Å². The number of benzene rings is 1. The number of rotatable bonds is 5. The Balaban J connectivity index is 2.58. The van der Waals surface area contributed by atoms with Gasteiger partial charge >= 0.3 is 0 Å². The average molecular weight is 330 g/mol. The van der Waals surface area contributed by atoms with E-state index >= 15 is 0 Å². The first kappa shape index (κ1) is 17.7. The third-order valence-electron chi connectivity index (χ3n) is 2.67. The van der Waals surface area contributed by atoms with Gasteiger partial charge in [0.05, 0.1) is 5.75 Å². The quantitative estimate of drug-likeness (QED) is 0.843. The summed E-state index contributed by atoms with van der Waals surface area (Å²) in [4.78, 5) is 11.6. The van der Waals surface area contributed by atoms with E-state index in [4.69, 9.17) is 11.6 Å². The van der Waals surface area contributed by atoms with Crippen LogP contribution >= 0.6 is 11.6 Å². The van der Waals surface area contributed by atoms with Gasteiger partial charge in [0, 0.05) is 11.1 Å². The molecule has 1 rings (SSSR count). The zero-order chi connectivity index (χ0) is 16.1. The molecule has 4 nitrogen and oxygen atoms in total. The van der Waals surface area contributed by atoms with E-state index in [1.165, 1.54) is 12.2 Å². The Labute approximate surface area is 131 Å². The fraction of sp³-hybridized carbons (Fsp3) is 0.400. The summed E-state index contributed by atoms with van der Waals surface area (Å²) in [7, 11) is -3.60. The van der Waals surface area contributed by atoms with E-state index in [-0.39, 0.29) is 11.2 Å². The Kier molecular flexibility index (Phi) is 5.98. The third kappa shape index (κ3) is 7.87. The maximum absolute atomic E-state index is 11.8. The van der Waals surface area contributed by atoms with Crippen LogP contribution in [0.4, 0.5) is 0 Å². The number of carbonyl (C=O) groups excluding carboxylic acids is 1. The molecule has 0 fully saturated rings. The highest BCUT2D eigenvalue weighted by molar-refractivity contribution is 7.90. The van der Waals surface area contributed by atoms with Gasteiger partial charge < -0.3 is 0 Å². The smallest absolute Gasteiger partial charge is 0.257 e. The fourth-order valence-corrected chi connectivity index (χ4v) is 2.91. The lowest BCUT2D eigenvalue weighted by Crippen LogP contribution is -2.32. The van der Waals surface area contributed by atoms with Crippen LogP contribution in [-0.4, -0.2) is 20.1 Å². The van der Waals surface area contributed by atoms with Crippen LogP contribution in [0.15, 0.2) is 30.3 Å². The molecule has 1 aromatic carbocycles. The molecule has 0 aliphatic rings. The number of sulfonamides is 1. The molecule has 0 atom stereocenters. The zero-order valence-electron chi connectivity index (χ0n) is 12.4. The van der Waals surface area contributed by atoms with Crippen molar-refractivity contribution < 1.29 is 13.2 Å². The van der Waals surface area contributed by atoms with Crippen LogP contribution in [0.25, 0.3) is 6.08 Å². The number of nitrogens with one attached hydrogen (secondary N) is 1. The summed E-state index contributed by atoms with van der Waals surface area (Å²) in [5.74, 6) is -0.726. The Hall–Kier alpha value is -1.33. The Morgan fingerprint density at radius 1 is 1.24 bits per heavy atom. The van der Waals surface area contributed by atoms with Crippen molar-refractivity contribution in [2.45, 2.75) is 27.2 Å². The van der Waals surface area contributed by atoms with Crippen molar-refractivity contribution in [1.82, 2.24) is 4.72 Å². The molecule has 1 N–H and O–H groups in total. The molecule has 0 aliphatic carbocycles. The highest BCUT2D eigenvalue weighted by atomic mass is 35.5. The van der Waals surface area contributed by atoms with Crippen molar-refractivity contribution >= 4 is 33.6 Å². The number of amides is 1. The van der Waals surface area contributed by atoms with Gasteiger partial charge in [-0.2, -0.15) is 0 Å². The van der Waals surface area contributed by atoms with Crippen molar-refractivity contribution in [2.75, 3.05) is 5.75 Å². The standard InChI is InChI=1S/C15H20ClNO3S/c1-15(2,3)10-11-21(19,20)17-14(18)9-6-12-4-7-13(16)8-5-12/h4-9H,10-11H2,1-3H3,(H,17,18)/b9-6+. The molecule has 0 heterocycles. The molecule has 1 aromatic rings. The zero-order valence-corrected chi connectivity index (χ0v) is 14.0. The van der Waals surface area contributed by atoms with Crippen molar-refractivity contribution in [2.24, 2.45) is 5.41 Å². The molecule has 0 aromatic heterocycles. The van der Waals surface area contributed by atoms with Gasteiger partial charge in [0.2, 0.25) is 10.0 Å². The molecule has 1 amide bonds. The number of carbonyl (C=O) groups is 1. The van der Waals surface area contributed by atoms with Crippen LogP contribution in [0.3, 0.4) is 0 Å². The lowest BCUT2D eigenvalue weighted by Gasteiger charge is -2.17.